The molecule has 20 heavy (non-hydrogen) atoms. The predicted octanol–water partition coefficient (Wildman–Crippen LogP) is 3.52. The van der Waals surface area contributed by atoms with Gasteiger partial charge in [-0.3, -0.25) is 4.79 Å². The zero-order valence-electron chi connectivity index (χ0n) is 11.8. The van der Waals surface area contributed by atoms with Crippen LogP contribution in [0.5, 0.6) is 0 Å². The third-order valence-corrected chi connectivity index (χ3v) is 3.66. The standard InChI is InChI=1S/C17H16N2O/c1-10-4-5-13(8-11(10)2)14-6-7-16-15(9-14)17(20)19-12(3)18-16/h4-9H,1-3H3,(H,18,19,20). The molecule has 1 heterocycles. The number of aromatic amines is 1. The zero-order valence-corrected chi connectivity index (χ0v) is 11.8. The lowest BCUT2D eigenvalue weighted by atomic mass is 9.99. The summed E-state index contributed by atoms with van der Waals surface area (Å²) >= 11 is 0. The molecular weight excluding hydrogens is 248 g/mol. The van der Waals surface area contributed by atoms with Gasteiger partial charge in [0.05, 0.1) is 10.9 Å². The van der Waals surface area contributed by atoms with Gasteiger partial charge in [-0.2, -0.15) is 0 Å². The van der Waals surface area contributed by atoms with Crippen molar-refractivity contribution < 1.29 is 0 Å². The van der Waals surface area contributed by atoms with Crippen LogP contribution in [0.3, 0.4) is 0 Å². The van der Waals surface area contributed by atoms with Gasteiger partial charge in [0.1, 0.15) is 5.82 Å². The summed E-state index contributed by atoms with van der Waals surface area (Å²) in [6, 6.07) is 12.2. The number of aryl methyl sites for hydroxylation is 3. The van der Waals surface area contributed by atoms with E-state index in [1.807, 2.05) is 18.2 Å². The molecule has 0 radical (unpaired) electrons. The monoisotopic (exact) mass is 264 g/mol. The quantitative estimate of drug-likeness (QED) is 0.731. The van der Waals surface area contributed by atoms with Crippen molar-refractivity contribution in [2.45, 2.75) is 20.8 Å². The first kappa shape index (κ1) is 12.6. The number of fused-ring (bicyclic) bond motifs is 1. The molecular formula is C17H16N2O. The van der Waals surface area contributed by atoms with Gasteiger partial charge in [-0.15, -0.1) is 0 Å². The highest BCUT2D eigenvalue weighted by Crippen LogP contribution is 2.24. The molecule has 3 nitrogen and oxygen atoms in total. The maximum atomic E-state index is 12.0. The van der Waals surface area contributed by atoms with E-state index >= 15 is 0 Å². The number of aromatic nitrogens is 2. The second-order valence-corrected chi connectivity index (χ2v) is 5.18. The van der Waals surface area contributed by atoms with Crippen LogP contribution in [-0.4, -0.2) is 9.97 Å². The fourth-order valence-corrected chi connectivity index (χ4v) is 2.36. The fraction of sp³-hybridized carbons (Fsp3) is 0.176. The van der Waals surface area contributed by atoms with Gasteiger partial charge in [-0.05, 0) is 55.2 Å². The Morgan fingerprint density at radius 1 is 0.900 bits per heavy atom. The van der Waals surface area contributed by atoms with Gasteiger partial charge >= 0.3 is 0 Å². The molecule has 0 saturated carbocycles. The number of rotatable bonds is 1. The molecule has 3 rings (SSSR count). The summed E-state index contributed by atoms with van der Waals surface area (Å²) in [5, 5.41) is 0.631. The van der Waals surface area contributed by atoms with Gasteiger partial charge in [0.25, 0.3) is 5.56 Å². The van der Waals surface area contributed by atoms with Crippen LogP contribution in [0.4, 0.5) is 0 Å². The van der Waals surface area contributed by atoms with Crippen molar-refractivity contribution >= 4 is 10.9 Å². The topological polar surface area (TPSA) is 45.8 Å². The predicted molar refractivity (Wildman–Crippen MR) is 82.0 cm³/mol. The number of H-pyrrole nitrogens is 1. The summed E-state index contributed by atoms with van der Waals surface area (Å²) in [4.78, 5) is 19.1. The molecule has 0 atom stereocenters. The molecule has 2 aromatic carbocycles. The van der Waals surface area contributed by atoms with Crippen molar-refractivity contribution in [3.63, 3.8) is 0 Å². The molecule has 0 saturated heterocycles. The number of benzene rings is 2. The molecule has 0 amide bonds. The molecule has 0 spiro atoms. The summed E-state index contributed by atoms with van der Waals surface area (Å²) < 4.78 is 0. The minimum atomic E-state index is -0.0850. The third-order valence-electron chi connectivity index (χ3n) is 3.66. The van der Waals surface area contributed by atoms with Crippen molar-refractivity contribution in [2.75, 3.05) is 0 Å². The molecule has 0 unspecified atom stereocenters. The Labute approximate surface area is 117 Å². The number of hydrogen-bond donors (Lipinski definition) is 1. The highest BCUT2D eigenvalue weighted by atomic mass is 16.1. The summed E-state index contributed by atoms with van der Waals surface area (Å²) in [5.41, 5.74) is 5.33. The number of nitrogens with one attached hydrogen (secondary N) is 1. The third kappa shape index (κ3) is 2.11. The second kappa shape index (κ2) is 4.60. The van der Waals surface area contributed by atoms with Gasteiger partial charge < -0.3 is 4.98 Å². The van der Waals surface area contributed by atoms with Gasteiger partial charge in [0.15, 0.2) is 0 Å². The first-order valence-electron chi connectivity index (χ1n) is 6.63. The van der Waals surface area contributed by atoms with Crippen LogP contribution >= 0.6 is 0 Å². The Hall–Kier alpha value is -2.42. The van der Waals surface area contributed by atoms with Gasteiger partial charge in [0, 0.05) is 0 Å². The molecule has 3 heteroatoms. The summed E-state index contributed by atoms with van der Waals surface area (Å²) in [5.74, 6) is 0.640. The largest absolute Gasteiger partial charge is 0.310 e. The lowest BCUT2D eigenvalue weighted by Gasteiger charge is -2.07. The summed E-state index contributed by atoms with van der Waals surface area (Å²) in [6.45, 7) is 5.98. The van der Waals surface area contributed by atoms with E-state index < -0.39 is 0 Å². The Bertz CT molecular complexity index is 862. The van der Waals surface area contributed by atoms with Crippen LogP contribution in [0, 0.1) is 20.8 Å². The lowest BCUT2D eigenvalue weighted by Crippen LogP contribution is -2.09. The second-order valence-electron chi connectivity index (χ2n) is 5.18. The van der Waals surface area contributed by atoms with E-state index in [4.69, 9.17) is 0 Å². The molecule has 0 bridgehead atoms. The highest BCUT2D eigenvalue weighted by molar-refractivity contribution is 5.83. The van der Waals surface area contributed by atoms with E-state index in [9.17, 15) is 4.79 Å². The van der Waals surface area contributed by atoms with E-state index in [1.54, 1.807) is 6.92 Å². The van der Waals surface area contributed by atoms with Crippen molar-refractivity contribution in [1.82, 2.24) is 9.97 Å². The smallest absolute Gasteiger partial charge is 0.258 e. The average Bonchev–Trinajstić information content (AvgIpc) is 2.41. The molecule has 0 aliphatic rings. The van der Waals surface area contributed by atoms with E-state index in [-0.39, 0.29) is 5.56 Å². The maximum Gasteiger partial charge on any atom is 0.258 e. The zero-order chi connectivity index (χ0) is 14.3. The van der Waals surface area contributed by atoms with E-state index in [0.717, 1.165) is 16.6 Å². The van der Waals surface area contributed by atoms with E-state index in [0.29, 0.717) is 11.2 Å². The van der Waals surface area contributed by atoms with Gasteiger partial charge in [-0.1, -0.05) is 24.3 Å². The molecule has 1 aromatic heterocycles. The summed E-state index contributed by atoms with van der Waals surface area (Å²) in [6.07, 6.45) is 0. The van der Waals surface area contributed by atoms with Crippen molar-refractivity contribution in [1.29, 1.82) is 0 Å². The average molecular weight is 264 g/mol. The summed E-state index contributed by atoms with van der Waals surface area (Å²) in [7, 11) is 0. The first-order chi connectivity index (χ1) is 9.54. The van der Waals surface area contributed by atoms with Crippen LogP contribution < -0.4 is 5.56 Å². The van der Waals surface area contributed by atoms with E-state index in [1.165, 1.54) is 11.1 Å². The molecule has 0 aliphatic heterocycles. The number of hydrogen-bond acceptors (Lipinski definition) is 2. The Morgan fingerprint density at radius 3 is 2.35 bits per heavy atom. The van der Waals surface area contributed by atoms with Crippen molar-refractivity contribution in [3.8, 4) is 11.1 Å². The van der Waals surface area contributed by atoms with Crippen LogP contribution in [0.1, 0.15) is 17.0 Å². The molecule has 1 N–H and O–H groups in total. The fourth-order valence-electron chi connectivity index (χ4n) is 2.36. The van der Waals surface area contributed by atoms with Crippen LogP contribution in [0.15, 0.2) is 41.2 Å². The maximum absolute atomic E-state index is 12.0. The Kier molecular flexibility index (Phi) is 2.90. The van der Waals surface area contributed by atoms with Crippen molar-refractivity contribution in [3.05, 3.63) is 63.7 Å². The molecule has 100 valence electrons. The highest BCUT2D eigenvalue weighted by Gasteiger charge is 2.05. The minimum Gasteiger partial charge on any atom is -0.310 e. The van der Waals surface area contributed by atoms with Crippen molar-refractivity contribution in [2.24, 2.45) is 0 Å². The van der Waals surface area contributed by atoms with Gasteiger partial charge in [-0.25, -0.2) is 4.98 Å². The van der Waals surface area contributed by atoms with Crippen LogP contribution in [0.2, 0.25) is 0 Å². The van der Waals surface area contributed by atoms with E-state index in [2.05, 4.69) is 42.0 Å². The SMILES string of the molecule is Cc1nc2ccc(-c3ccc(C)c(C)c3)cc2c(=O)[nH]1. The molecule has 0 fully saturated rings. The van der Waals surface area contributed by atoms with Crippen LogP contribution in [-0.2, 0) is 0 Å². The minimum absolute atomic E-state index is 0.0850. The lowest BCUT2D eigenvalue weighted by molar-refractivity contribution is 1.06. The number of nitrogens with zero attached hydrogens (tertiary/aromatic N) is 1. The Balaban J connectivity index is 2.22. The normalized spacial score (nSPS) is 10.9. The Morgan fingerprint density at radius 2 is 1.60 bits per heavy atom. The first-order valence-corrected chi connectivity index (χ1v) is 6.63. The molecule has 0 aliphatic carbocycles. The molecule has 3 aromatic rings. The van der Waals surface area contributed by atoms with Crippen LogP contribution in [0.25, 0.3) is 22.0 Å². The van der Waals surface area contributed by atoms with Gasteiger partial charge in [0.2, 0.25) is 0 Å².